The molecule has 0 aliphatic heterocycles. The highest BCUT2D eigenvalue weighted by Crippen LogP contribution is 2.19. The van der Waals surface area contributed by atoms with Gasteiger partial charge in [0.25, 0.3) is 0 Å². The molecule has 2 aromatic carbocycles. The highest BCUT2D eigenvalue weighted by atomic mass is 16.2. The Morgan fingerprint density at radius 3 is 2.44 bits per heavy atom. The van der Waals surface area contributed by atoms with Crippen molar-refractivity contribution in [1.82, 2.24) is 19.8 Å². The van der Waals surface area contributed by atoms with Crippen LogP contribution in [0.25, 0.3) is 11.0 Å². The third-order valence-electron chi connectivity index (χ3n) is 5.92. The number of nitrogens with zero attached hydrogens (tertiary/aromatic N) is 3. The van der Waals surface area contributed by atoms with Crippen LogP contribution in [-0.4, -0.2) is 38.9 Å². The van der Waals surface area contributed by atoms with Gasteiger partial charge >= 0.3 is 0 Å². The average Bonchev–Trinajstić information content (AvgIpc) is 3.17. The monoisotopic (exact) mass is 460 g/mol. The van der Waals surface area contributed by atoms with Crippen molar-refractivity contribution in [3.05, 3.63) is 78.1 Å². The molecule has 0 unspecified atom stereocenters. The first-order chi connectivity index (χ1) is 16.4. The molecule has 180 valence electrons. The molecule has 3 rings (SSSR count). The van der Waals surface area contributed by atoms with Crippen LogP contribution in [0, 0.1) is 0 Å². The van der Waals surface area contributed by atoms with Gasteiger partial charge in [-0.15, -0.1) is 0 Å². The number of aryl methyl sites for hydroxylation is 1. The van der Waals surface area contributed by atoms with Crippen molar-refractivity contribution in [2.45, 2.75) is 65.6 Å². The molecule has 0 aliphatic carbocycles. The lowest BCUT2D eigenvalue weighted by Crippen LogP contribution is -2.38. The second-order valence-corrected chi connectivity index (χ2v) is 9.05. The molecule has 0 saturated heterocycles. The van der Waals surface area contributed by atoms with Gasteiger partial charge in [0.1, 0.15) is 12.4 Å². The Morgan fingerprint density at radius 1 is 1.03 bits per heavy atom. The SMILES string of the molecule is C=C(C)C(=O)NCCCCCc1nc2ccccc2n1CC(=O)N(Cc1ccccc1)C(C)C. The van der Waals surface area contributed by atoms with E-state index in [9.17, 15) is 9.59 Å². The number of carbonyl (C=O) groups is 2. The number of hydrogen-bond donors (Lipinski definition) is 1. The van der Waals surface area contributed by atoms with Gasteiger partial charge in [0.2, 0.25) is 11.8 Å². The number of imidazole rings is 1. The quantitative estimate of drug-likeness (QED) is 0.309. The van der Waals surface area contributed by atoms with Crippen molar-refractivity contribution in [2.24, 2.45) is 0 Å². The molecule has 6 heteroatoms. The molecule has 0 atom stereocenters. The Balaban J connectivity index is 1.67. The van der Waals surface area contributed by atoms with Crippen molar-refractivity contribution in [3.8, 4) is 0 Å². The Morgan fingerprint density at radius 2 is 1.74 bits per heavy atom. The summed E-state index contributed by atoms with van der Waals surface area (Å²) in [5, 5.41) is 2.87. The van der Waals surface area contributed by atoms with Crippen LogP contribution in [0.4, 0.5) is 0 Å². The number of amides is 2. The highest BCUT2D eigenvalue weighted by Gasteiger charge is 2.20. The number of nitrogens with one attached hydrogen (secondary N) is 1. The molecule has 2 amide bonds. The topological polar surface area (TPSA) is 67.2 Å². The Labute approximate surface area is 202 Å². The van der Waals surface area contributed by atoms with Gasteiger partial charge in [-0.3, -0.25) is 9.59 Å². The summed E-state index contributed by atoms with van der Waals surface area (Å²) in [7, 11) is 0. The minimum atomic E-state index is -0.0921. The number of unbranched alkanes of at least 4 members (excludes halogenated alkanes) is 2. The zero-order valence-electron chi connectivity index (χ0n) is 20.6. The van der Waals surface area contributed by atoms with Crippen LogP contribution in [0.1, 0.15) is 51.4 Å². The van der Waals surface area contributed by atoms with Gasteiger partial charge in [0.15, 0.2) is 0 Å². The molecular formula is C28H36N4O2. The lowest BCUT2D eigenvalue weighted by molar-refractivity contribution is -0.134. The molecule has 0 bridgehead atoms. The average molecular weight is 461 g/mol. The van der Waals surface area contributed by atoms with E-state index in [1.54, 1.807) is 6.92 Å². The molecule has 0 radical (unpaired) electrons. The van der Waals surface area contributed by atoms with E-state index in [-0.39, 0.29) is 24.4 Å². The van der Waals surface area contributed by atoms with Crippen LogP contribution in [0.15, 0.2) is 66.7 Å². The molecule has 1 aromatic heterocycles. The Hall–Kier alpha value is -3.41. The summed E-state index contributed by atoms with van der Waals surface area (Å²) < 4.78 is 2.07. The fraction of sp³-hybridized carbons (Fsp3) is 0.393. The molecule has 0 aliphatic rings. The third kappa shape index (κ3) is 6.80. The molecule has 3 aromatic rings. The van der Waals surface area contributed by atoms with Crippen LogP contribution >= 0.6 is 0 Å². The molecule has 0 saturated carbocycles. The van der Waals surface area contributed by atoms with Gasteiger partial charge in [-0.2, -0.15) is 0 Å². The maximum atomic E-state index is 13.4. The standard InChI is InChI=1S/C28H36N4O2/c1-21(2)28(34)29-18-12-6-9-17-26-30-24-15-10-11-16-25(24)32(26)20-27(33)31(22(3)4)19-23-13-7-5-8-14-23/h5,7-8,10-11,13-16,22H,1,6,9,12,17-20H2,2-4H3,(H,29,34). The Bertz CT molecular complexity index is 1120. The van der Waals surface area contributed by atoms with Gasteiger partial charge in [0, 0.05) is 31.1 Å². The lowest BCUT2D eigenvalue weighted by atomic mass is 10.1. The summed E-state index contributed by atoms with van der Waals surface area (Å²) in [4.78, 5) is 31.8. The van der Waals surface area contributed by atoms with Crippen molar-refractivity contribution in [1.29, 1.82) is 0 Å². The van der Waals surface area contributed by atoms with Crippen LogP contribution in [0.5, 0.6) is 0 Å². The van der Waals surface area contributed by atoms with Crippen molar-refractivity contribution >= 4 is 22.8 Å². The van der Waals surface area contributed by atoms with Gasteiger partial charge in [-0.1, -0.05) is 55.5 Å². The maximum Gasteiger partial charge on any atom is 0.246 e. The summed E-state index contributed by atoms with van der Waals surface area (Å²) in [5.41, 5.74) is 3.56. The first-order valence-electron chi connectivity index (χ1n) is 12.1. The number of fused-ring (bicyclic) bond motifs is 1. The summed E-state index contributed by atoms with van der Waals surface area (Å²) in [6.07, 6.45) is 3.60. The van der Waals surface area contributed by atoms with Crippen LogP contribution in [0.2, 0.25) is 0 Å². The van der Waals surface area contributed by atoms with E-state index in [0.717, 1.165) is 48.1 Å². The molecule has 1 N–H and O–H groups in total. The number of hydrogen-bond acceptors (Lipinski definition) is 3. The van der Waals surface area contributed by atoms with E-state index in [4.69, 9.17) is 4.98 Å². The molecular weight excluding hydrogens is 424 g/mol. The van der Waals surface area contributed by atoms with E-state index >= 15 is 0 Å². The third-order valence-corrected chi connectivity index (χ3v) is 5.92. The number of carbonyl (C=O) groups excluding carboxylic acids is 2. The predicted molar refractivity (Wildman–Crippen MR) is 137 cm³/mol. The van der Waals surface area contributed by atoms with Gasteiger partial charge in [0.05, 0.1) is 11.0 Å². The summed E-state index contributed by atoms with van der Waals surface area (Å²) in [6.45, 7) is 11.0. The van der Waals surface area contributed by atoms with E-state index in [0.29, 0.717) is 18.7 Å². The predicted octanol–water partition coefficient (Wildman–Crippen LogP) is 4.88. The largest absolute Gasteiger partial charge is 0.352 e. The molecule has 0 fully saturated rings. The van der Waals surface area contributed by atoms with Gasteiger partial charge < -0.3 is 14.8 Å². The highest BCUT2D eigenvalue weighted by molar-refractivity contribution is 5.92. The molecule has 0 spiro atoms. The lowest BCUT2D eigenvalue weighted by Gasteiger charge is -2.27. The van der Waals surface area contributed by atoms with Crippen LogP contribution < -0.4 is 5.32 Å². The van der Waals surface area contributed by atoms with Gasteiger partial charge in [-0.05, 0) is 51.3 Å². The normalized spacial score (nSPS) is 11.1. The second-order valence-electron chi connectivity index (χ2n) is 9.05. The van der Waals surface area contributed by atoms with E-state index < -0.39 is 0 Å². The number of para-hydroxylation sites is 2. The van der Waals surface area contributed by atoms with Crippen molar-refractivity contribution in [2.75, 3.05) is 6.54 Å². The fourth-order valence-corrected chi connectivity index (χ4v) is 4.00. The van der Waals surface area contributed by atoms with E-state index in [1.807, 2.05) is 47.4 Å². The summed E-state index contributed by atoms with van der Waals surface area (Å²) in [5.74, 6) is 0.931. The first-order valence-corrected chi connectivity index (χ1v) is 12.1. The number of aromatic nitrogens is 2. The number of rotatable bonds is 12. The molecule has 6 nitrogen and oxygen atoms in total. The number of benzene rings is 2. The van der Waals surface area contributed by atoms with E-state index in [1.165, 1.54) is 0 Å². The van der Waals surface area contributed by atoms with Crippen molar-refractivity contribution in [3.63, 3.8) is 0 Å². The zero-order chi connectivity index (χ0) is 24.5. The van der Waals surface area contributed by atoms with Crippen LogP contribution in [-0.2, 0) is 29.1 Å². The van der Waals surface area contributed by atoms with E-state index in [2.05, 4.69) is 42.4 Å². The van der Waals surface area contributed by atoms with Crippen LogP contribution in [0.3, 0.4) is 0 Å². The second kappa shape index (κ2) is 12.2. The molecule has 1 heterocycles. The zero-order valence-corrected chi connectivity index (χ0v) is 20.6. The fourth-order valence-electron chi connectivity index (χ4n) is 4.00. The minimum absolute atomic E-state index is 0.0887. The van der Waals surface area contributed by atoms with Gasteiger partial charge in [-0.25, -0.2) is 4.98 Å². The van der Waals surface area contributed by atoms with Crippen molar-refractivity contribution < 1.29 is 9.59 Å². The minimum Gasteiger partial charge on any atom is -0.352 e. The smallest absolute Gasteiger partial charge is 0.246 e. The summed E-state index contributed by atoms with van der Waals surface area (Å²) in [6, 6.07) is 18.2. The first kappa shape index (κ1) is 25.2. The molecule has 34 heavy (non-hydrogen) atoms. The Kier molecular flexibility index (Phi) is 9.02. The summed E-state index contributed by atoms with van der Waals surface area (Å²) >= 11 is 0. The maximum absolute atomic E-state index is 13.4.